The Bertz CT molecular complexity index is 904. The molecule has 0 aliphatic rings. The van der Waals surface area contributed by atoms with Crippen molar-refractivity contribution in [3.63, 3.8) is 0 Å². The number of anilines is 1. The van der Waals surface area contributed by atoms with Gasteiger partial charge in [0.2, 0.25) is 0 Å². The largest absolute Gasteiger partial charge is 0.271 e. The van der Waals surface area contributed by atoms with Crippen LogP contribution in [0.2, 0.25) is 0 Å². The van der Waals surface area contributed by atoms with Crippen LogP contribution >= 0.6 is 15.9 Å². The van der Waals surface area contributed by atoms with Crippen molar-refractivity contribution in [2.45, 2.75) is 25.7 Å². The van der Waals surface area contributed by atoms with Crippen LogP contribution in [0.1, 0.15) is 19.4 Å². The smallest absolute Gasteiger partial charge is 0.264 e. The lowest BCUT2D eigenvalue weighted by molar-refractivity contribution is -0.119. The van der Waals surface area contributed by atoms with E-state index in [2.05, 4.69) is 26.5 Å². The van der Waals surface area contributed by atoms with Crippen LogP contribution in [0.4, 0.5) is 5.69 Å². The van der Waals surface area contributed by atoms with Crippen LogP contribution in [0.5, 0.6) is 0 Å². The maximum Gasteiger partial charge on any atom is 0.264 e. The van der Waals surface area contributed by atoms with Gasteiger partial charge in [0, 0.05) is 10.2 Å². The summed E-state index contributed by atoms with van der Waals surface area (Å²) in [6.07, 6.45) is 0. The van der Waals surface area contributed by atoms with Gasteiger partial charge in [0.05, 0.1) is 10.6 Å². The van der Waals surface area contributed by atoms with Gasteiger partial charge >= 0.3 is 0 Å². The SMILES string of the molecule is CC(C)=NNC(=O)CN(c1ccc(Br)cc1)S(=O)(=O)c1ccc(C)cc1. The molecule has 0 radical (unpaired) electrons. The molecule has 0 aliphatic heterocycles. The van der Waals surface area contributed by atoms with E-state index in [1.807, 2.05) is 6.92 Å². The monoisotopic (exact) mass is 437 g/mol. The Labute approximate surface area is 162 Å². The Kier molecular flexibility index (Phi) is 6.55. The van der Waals surface area contributed by atoms with Gasteiger partial charge in [0.15, 0.2) is 0 Å². The zero-order valence-electron chi connectivity index (χ0n) is 14.7. The minimum Gasteiger partial charge on any atom is -0.271 e. The summed E-state index contributed by atoms with van der Waals surface area (Å²) in [6, 6.07) is 13.2. The first kappa shape index (κ1) is 20.1. The van der Waals surface area contributed by atoms with E-state index in [0.29, 0.717) is 11.4 Å². The molecule has 2 rings (SSSR count). The van der Waals surface area contributed by atoms with E-state index in [-0.39, 0.29) is 11.4 Å². The summed E-state index contributed by atoms with van der Waals surface area (Å²) in [7, 11) is -3.91. The Morgan fingerprint density at radius 3 is 2.19 bits per heavy atom. The van der Waals surface area contributed by atoms with Crippen LogP contribution in [0, 0.1) is 6.92 Å². The molecule has 0 fully saturated rings. The summed E-state index contributed by atoms with van der Waals surface area (Å²) in [5.41, 5.74) is 4.36. The number of aryl methyl sites for hydroxylation is 1. The maximum absolute atomic E-state index is 13.1. The first-order valence-electron chi connectivity index (χ1n) is 7.85. The first-order valence-corrected chi connectivity index (χ1v) is 10.1. The van der Waals surface area contributed by atoms with E-state index < -0.39 is 15.9 Å². The van der Waals surface area contributed by atoms with Crippen LogP contribution in [-0.4, -0.2) is 26.6 Å². The molecule has 6 nitrogen and oxygen atoms in total. The fraction of sp³-hybridized carbons (Fsp3) is 0.222. The third-order valence-corrected chi connectivity index (χ3v) is 5.73. The van der Waals surface area contributed by atoms with Crippen LogP contribution in [-0.2, 0) is 14.8 Å². The number of benzene rings is 2. The van der Waals surface area contributed by atoms with Crippen molar-refractivity contribution < 1.29 is 13.2 Å². The second-order valence-corrected chi connectivity index (χ2v) is 8.67. The molecule has 26 heavy (non-hydrogen) atoms. The average Bonchev–Trinajstić information content (AvgIpc) is 2.59. The lowest BCUT2D eigenvalue weighted by Crippen LogP contribution is -2.39. The minimum absolute atomic E-state index is 0.119. The van der Waals surface area contributed by atoms with Crippen molar-refractivity contribution in [3.05, 3.63) is 58.6 Å². The van der Waals surface area contributed by atoms with Crippen LogP contribution in [0.3, 0.4) is 0 Å². The molecule has 0 unspecified atom stereocenters. The highest BCUT2D eigenvalue weighted by Gasteiger charge is 2.27. The lowest BCUT2D eigenvalue weighted by Gasteiger charge is -2.23. The Morgan fingerprint density at radius 2 is 1.65 bits per heavy atom. The van der Waals surface area contributed by atoms with Gasteiger partial charge in [-0.2, -0.15) is 5.10 Å². The summed E-state index contributed by atoms with van der Waals surface area (Å²) in [5, 5.41) is 3.84. The van der Waals surface area contributed by atoms with Crippen molar-refractivity contribution in [2.24, 2.45) is 5.10 Å². The number of hydrazone groups is 1. The second-order valence-electron chi connectivity index (χ2n) is 5.90. The normalized spacial score (nSPS) is 10.9. The number of carbonyl (C=O) groups excluding carboxylic acids is 1. The molecule has 0 heterocycles. The van der Waals surface area contributed by atoms with Crippen molar-refractivity contribution in [1.29, 1.82) is 0 Å². The molecule has 2 aromatic rings. The van der Waals surface area contributed by atoms with Gasteiger partial charge in [-0.3, -0.25) is 9.10 Å². The number of nitrogens with zero attached hydrogens (tertiary/aromatic N) is 2. The van der Waals surface area contributed by atoms with Gasteiger partial charge < -0.3 is 0 Å². The lowest BCUT2D eigenvalue weighted by atomic mass is 10.2. The summed E-state index contributed by atoms with van der Waals surface area (Å²) in [5.74, 6) is -0.523. The van der Waals surface area contributed by atoms with E-state index in [1.54, 1.807) is 50.2 Å². The van der Waals surface area contributed by atoms with Crippen molar-refractivity contribution in [1.82, 2.24) is 5.43 Å². The van der Waals surface area contributed by atoms with Gasteiger partial charge in [-0.15, -0.1) is 0 Å². The summed E-state index contributed by atoms with van der Waals surface area (Å²) in [4.78, 5) is 12.3. The van der Waals surface area contributed by atoms with Crippen molar-refractivity contribution >= 4 is 43.3 Å². The van der Waals surface area contributed by atoms with E-state index in [9.17, 15) is 13.2 Å². The molecule has 0 spiro atoms. The number of carbonyl (C=O) groups is 1. The minimum atomic E-state index is -3.91. The van der Waals surface area contributed by atoms with E-state index >= 15 is 0 Å². The molecular formula is C18H20BrN3O3S. The zero-order chi connectivity index (χ0) is 19.3. The van der Waals surface area contributed by atoms with Gasteiger partial charge in [-0.05, 0) is 57.2 Å². The maximum atomic E-state index is 13.1. The predicted octanol–water partition coefficient (Wildman–Crippen LogP) is 3.46. The molecule has 0 aliphatic carbocycles. The number of nitrogens with one attached hydrogen (secondary N) is 1. The van der Waals surface area contributed by atoms with Gasteiger partial charge in [-0.1, -0.05) is 33.6 Å². The molecule has 2 aromatic carbocycles. The number of hydrogen-bond acceptors (Lipinski definition) is 4. The van der Waals surface area contributed by atoms with Crippen LogP contribution in [0.25, 0.3) is 0 Å². The summed E-state index contributed by atoms with van der Waals surface area (Å²) >= 11 is 3.32. The van der Waals surface area contributed by atoms with Gasteiger partial charge in [-0.25, -0.2) is 13.8 Å². The zero-order valence-corrected chi connectivity index (χ0v) is 17.1. The van der Waals surface area contributed by atoms with Crippen molar-refractivity contribution in [3.8, 4) is 0 Å². The van der Waals surface area contributed by atoms with Gasteiger partial charge in [0.1, 0.15) is 6.54 Å². The molecule has 1 N–H and O–H groups in total. The Balaban J connectivity index is 2.42. The molecule has 0 bridgehead atoms. The Hall–Kier alpha value is -2.19. The fourth-order valence-corrected chi connectivity index (χ4v) is 3.79. The molecule has 0 saturated heterocycles. The highest BCUT2D eigenvalue weighted by Crippen LogP contribution is 2.25. The number of hydrogen-bond donors (Lipinski definition) is 1. The van der Waals surface area contributed by atoms with Crippen LogP contribution in [0.15, 0.2) is 63.0 Å². The van der Waals surface area contributed by atoms with E-state index in [4.69, 9.17) is 0 Å². The molecule has 138 valence electrons. The number of rotatable bonds is 6. The third-order valence-electron chi connectivity index (χ3n) is 3.42. The molecule has 0 saturated carbocycles. The Morgan fingerprint density at radius 1 is 1.08 bits per heavy atom. The number of amides is 1. The van der Waals surface area contributed by atoms with E-state index in [0.717, 1.165) is 14.3 Å². The fourth-order valence-electron chi connectivity index (χ4n) is 2.10. The van der Waals surface area contributed by atoms with Crippen molar-refractivity contribution in [2.75, 3.05) is 10.8 Å². The second kappa shape index (κ2) is 8.46. The van der Waals surface area contributed by atoms with E-state index in [1.165, 1.54) is 12.1 Å². The molecule has 8 heteroatoms. The predicted molar refractivity (Wildman–Crippen MR) is 107 cm³/mol. The average molecular weight is 438 g/mol. The highest BCUT2D eigenvalue weighted by atomic mass is 79.9. The molecule has 0 atom stereocenters. The summed E-state index contributed by atoms with van der Waals surface area (Å²) < 4.78 is 28.1. The quantitative estimate of drug-likeness (QED) is 0.554. The highest BCUT2D eigenvalue weighted by molar-refractivity contribution is 9.10. The number of sulfonamides is 1. The molecule has 1 amide bonds. The number of halogens is 1. The standard InChI is InChI=1S/C18H20BrN3O3S/c1-13(2)20-21-18(23)12-22(16-8-6-15(19)7-9-16)26(24,25)17-10-4-14(3)5-11-17/h4-11H,12H2,1-3H3,(H,21,23). The van der Waals surface area contributed by atoms with Crippen LogP contribution < -0.4 is 9.73 Å². The first-order chi connectivity index (χ1) is 12.2. The topological polar surface area (TPSA) is 78.8 Å². The molecule has 0 aromatic heterocycles. The van der Waals surface area contributed by atoms with Gasteiger partial charge in [0.25, 0.3) is 15.9 Å². The summed E-state index contributed by atoms with van der Waals surface area (Å²) in [6.45, 7) is 4.96. The third kappa shape index (κ3) is 5.15. The molecular weight excluding hydrogens is 418 g/mol.